The third-order valence-corrected chi connectivity index (χ3v) is 6.74. The van der Waals surface area contributed by atoms with E-state index in [0.717, 1.165) is 15.6 Å². The van der Waals surface area contributed by atoms with Crippen molar-refractivity contribution in [2.45, 2.75) is 18.7 Å². The molecule has 3 aromatic rings. The Bertz CT molecular complexity index is 1070. The SMILES string of the molecule is Cc1ccc(C)c(S(=O)(=O)NNC(=O)c2sc3ccccc3c2Cl)c1. The molecular formula is C17H15ClN2O3S2. The summed E-state index contributed by atoms with van der Waals surface area (Å²) >= 11 is 7.44. The molecule has 0 aliphatic carbocycles. The number of nitrogens with one attached hydrogen (secondary N) is 2. The molecule has 0 radical (unpaired) electrons. The highest BCUT2D eigenvalue weighted by Crippen LogP contribution is 2.34. The van der Waals surface area contributed by atoms with Gasteiger partial charge in [0.05, 0.1) is 9.92 Å². The van der Waals surface area contributed by atoms with Gasteiger partial charge in [-0.25, -0.2) is 8.42 Å². The van der Waals surface area contributed by atoms with Gasteiger partial charge in [-0.3, -0.25) is 10.2 Å². The first-order chi connectivity index (χ1) is 11.8. The van der Waals surface area contributed by atoms with Crippen LogP contribution >= 0.6 is 22.9 Å². The molecule has 1 heterocycles. The van der Waals surface area contributed by atoms with Gasteiger partial charge in [0.15, 0.2) is 0 Å². The number of fused-ring (bicyclic) bond motifs is 1. The van der Waals surface area contributed by atoms with E-state index in [-0.39, 0.29) is 9.77 Å². The lowest BCUT2D eigenvalue weighted by atomic mass is 10.2. The maximum absolute atomic E-state index is 12.4. The topological polar surface area (TPSA) is 75.3 Å². The summed E-state index contributed by atoms with van der Waals surface area (Å²) in [6.45, 7) is 3.49. The maximum atomic E-state index is 12.4. The largest absolute Gasteiger partial charge is 0.277 e. The second kappa shape index (κ2) is 6.76. The van der Waals surface area contributed by atoms with Gasteiger partial charge < -0.3 is 0 Å². The Morgan fingerprint density at radius 2 is 1.84 bits per heavy atom. The van der Waals surface area contributed by atoms with Crippen LogP contribution < -0.4 is 10.3 Å². The molecule has 0 saturated heterocycles. The summed E-state index contributed by atoms with van der Waals surface area (Å²) < 4.78 is 25.7. The van der Waals surface area contributed by atoms with E-state index in [1.165, 1.54) is 11.3 Å². The number of benzene rings is 2. The molecule has 2 aromatic carbocycles. The summed E-state index contributed by atoms with van der Waals surface area (Å²) in [4.78, 5) is 14.9. The van der Waals surface area contributed by atoms with Gasteiger partial charge in [0.25, 0.3) is 15.9 Å². The van der Waals surface area contributed by atoms with Gasteiger partial charge in [0.1, 0.15) is 4.88 Å². The van der Waals surface area contributed by atoms with E-state index in [1.807, 2.05) is 30.3 Å². The van der Waals surface area contributed by atoms with Crippen molar-refractivity contribution in [3.05, 3.63) is 63.5 Å². The van der Waals surface area contributed by atoms with E-state index in [0.29, 0.717) is 10.6 Å². The Hall–Kier alpha value is -1.93. The second-order valence-corrected chi connectivity index (χ2v) is 8.65. The predicted octanol–water partition coefficient (Wildman–Crippen LogP) is 3.79. The molecule has 1 aromatic heterocycles. The number of thiophene rings is 1. The number of hydrogen-bond acceptors (Lipinski definition) is 4. The molecule has 3 rings (SSSR count). The fourth-order valence-electron chi connectivity index (χ4n) is 2.38. The number of amides is 1. The molecule has 25 heavy (non-hydrogen) atoms. The minimum absolute atomic E-state index is 0.121. The number of carbonyl (C=O) groups excluding carboxylic acids is 1. The fraction of sp³-hybridized carbons (Fsp3) is 0.118. The maximum Gasteiger partial charge on any atom is 0.277 e. The zero-order valence-electron chi connectivity index (χ0n) is 13.5. The molecule has 0 bridgehead atoms. The lowest BCUT2D eigenvalue weighted by Crippen LogP contribution is -2.41. The first kappa shape index (κ1) is 17.9. The van der Waals surface area contributed by atoms with Crippen LogP contribution in [0.5, 0.6) is 0 Å². The van der Waals surface area contributed by atoms with Crippen LogP contribution in [0.25, 0.3) is 10.1 Å². The quantitative estimate of drug-likeness (QED) is 0.661. The van der Waals surface area contributed by atoms with Crippen LogP contribution in [0.4, 0.5) is 0 Å². The van der Waals surface area contributed by atoms with Gasteiger partial charge in [-0.05, 0) is 37.1 Å². The third kappa shape index (κ3) is 3.55. The highest BCUT2D eigenvalue weighted by molar-refractivity contribution is 7.89. The first-order valence-electron chi connectivity index (χ1n) is 7.36. The highest BCUT2D eigenvalue weighted by atomic mass is 35.5. The normalized spacial score (nSPS) is 11.6. The van der Waals surface area contributed by atoms with Crippen molar-refractivity contribution in [1.29, 1.82) is 0 Å². The molecule has 2 N–H and O–H groups in total. The zero-order chi connectivity index (χ0) is 18.2. The van der Waals surface area contributed by atoms with E-state index in [4.69, 9.17) is 11.6 Å². The van der Waals surface area contributed by atoms with Crippen molar-refractivity contribution >= 4 is 49.0 Å². The number of carbonyl (C=O) groups is 1. The minimum Gasteiger partial charge on any atom is -0.273 e. The summed E-state index contributed by atoms with van der Waals surface area (Å²) in [6.07, 6.45) is 0. The summed E-state index contributed by atoms with van der Waals surface area (Å²) in [6, 6.07) is 12.4. The number of sulfonamides is 1. The van der Waals surface area contributed by atoms with E-state index >= 15 is 0 Å². The molecule has 0 fully saturated rings. The van der Waals surface area contributed by atoms with Crippen molar-refractivity contribution in [2.24, 2.45) is 0 Å². The van der Waals surface area contributed by atoms with Gasteiger partial charge in [-0.15, -0.1) is 16.2 Å². The molecule has 0 atom stereocenters. The van der Waals surface area contributed by atoms with Crippen molar-refractivity contribution < 1.29 is 13.2 Å². The van der Waals surface area contributed by atoms with E-state index in [9.17, 15) is 13.2 Å². The van der Waals surface area contributed by atoms with Gasteiger partial charge in [-0.2, -0.15) is 0 Å². The molecule has 5 nitrogen and oxygen atoms in total. The lowest BCUT2D eigenvalue weighted by Gasteiger charge is -2.10. The Morgan fingerprint density at radius 1 is 1.12 bits per heavy atom. The van der Waals surface area contributed by atoms with Gasteiger partial charge in [-0.1, -0.05) is 41.9 Å². The Balaban J connectivity index is 1.83. The number of hydrazine groups is 1. The van der Waals surface area contributed by atoms with Gasteiger partial charge in [0.2, 0.25) is 0 Å². The Kier molecular flexibility index (Phi) is 4.83. The highest BCUT2D eigenvalue weighted by Gasteiger charge is 2.21. The molecule has 1 amide bonds. The van der Waals surface area contributed by atoms with Crippen LogP contribution in [-0.2, 0) is 10.0 Å². The molecule has 130 valence electrons. The van der Waals surface area contributed by atoms with Crippen LogP contribution in [0.3, 0.4) is 0 Å². The summed E-state index contributed by atoms with van der Waals surface area (Å²) in [5.41, 5.74) is 3.64. The van der Waals surface area contributed by atoms with Crippen molar-refractivity contribution in [3.63, 3.8) is 0 Å². The summed E-state index contributed by atoms with van der Waals surface area (Å²) in [5.74, 6) is -0.597. The summed E-state index contributed by atoms with van der Waals surface area (Å²) in [5, 5.41) is 1.07. The van der Waals surface area contributed by atoms with Crippen molar-refractivity contribution in [1.82, 2.24) is 10.3 Å². The van der Waals surface area contributed by atoms with E-state index < -0.39 is 15.9 Å². The molecule has 0 saturated carbocycles. The molecular weight excluding hydrogens is 380 g/mol. The smallest absolute Gasteiger partial charge is 0.273 e. The second-order valence-electron chi connectivity index (χ2n) is 5.57. The fourth-order valence-corrected chi connectivity index (χ4v) is 4.96. The molecule has 0 aliphatic rings. The number of rotatable bonds is 4. The first-order valence-corrected chi connectivity index (χ1v) is 10.0. The predicted molar refractivity (Wildman–Crippen MR) is 101 cm³/mol. The van der Waals surface area contributed by atoms with E-state index in [1.54, 1.807) is 26.0 Å². The molecule has 0 spiro atoms. The zero-order valence-corrected chi connectivity index (χ0v) is 15.8. The van der Waals surface area contributed by atoms with Crippen LogP contribution in [0, 0.1) is 13.8 Å². The Morgan fingerprint density at radius 3 is 2.56 bits per heavy atom. The Labute approximate surface area is 154 Å². The molecule has 0 unspecified atom stereocenters. The number of halogens is 1. The molecule has 8 heteroatoms. The van der Waals surface area contributed by atoms with Crippen molar-refractivity contribution in [2.75, 3.05) is 0 Å². The van der Waals surface area contributed by atoms with Crippen LogP contribution in [0.1, 0.15) is 20.8 Å². The minimum atomic E-state index is -3.88. The standard InChI is InChI=1S/C17H15ClN2O3S2/c1-10-7-8-11(2)14(9-10)25(22,23)20-19-17(21)16-15(18)12-5-3-4-6-13(12)24-16/h3-9,20H,1-2H3,(H,19,21). The molecule has 0 aliphatic heterocycles. The lowest BCUT2D eigenvalue weighted by molar-refractivity contribution is 0.0949. The monoisotopic (exact) mass is 394 g/mol. The van der Waals surface area contributed by atoms with Crippen LogP contribution in [-0.4, -0.2) is 14.3 Å². The van der Waals surface area contributed by atoms with Crippen LogP contribution in [0.15, 0.2) is 47.4 Å². The summed E-state index contributed by atoms with van der Waals surface area (Å²) in [7, 11) is -3.88. The van der Waals surface area contributed by atoms with Crippen LogP contribution in [0.2, 0.25) is 5.02 Å². The van der Waals surface area contributed by atoms with E-state index in [2.05, 4.69) is 10.3 Å². The average Bonchev–Trinajstić information content (AvgIpc) is 2.92. The van der Waals surface area contributed by atoms with Crippen molar-refractivity contribution in [3.8, 4) is 0 Å². The van der Waals surface area contributed by atoms with Gasteiger partial charge >= 0.3 is 0 Å². The average molecular weight is 395 g/mol. The number of hydrogen-bond donors (Lipinski definition) is 2. The third-order valence-electron chi connectivity index (χ3n) is 3.67. The van der Waals surface area contributed by atoms with Gasteiger partial charge in [0, 0.05) is 10.1 Å². The number of aryl methyl sites for hydroxylation is 2.